The summed E-state index contributed by atoms with van der Waals surface area (Å²) < 4.78 is 0. The van der Waals surface area contributed by atoms with Crippen molar-refractivity contribution in [3.63, 3.8) is 0 Å². The van der Waals surface area contributed by atoms with E-state index in [1.807, 2.05) is 26.0 Å². The lowest BCUT2D eigenvalue weighted by molar-refractivity contribution is -0.119. The summed E-state index contributed by atoms with van der Waals surface area (Å²) in [6.07, 6.45) is 0.649. The van der Waals surface area contributed by atoms with E-state index in [4.69, 9.17) is 5.73 Å². The van der Waals surface area contributed by atoms with Gasteiger partial charge in [0.2, 0.25) is 0 Å². The monoisotopic (exact) mass is 287 g/mol. The number of amides is 1. The normalized spacial score (nSPS) is 19.1. The minimum absolute atomic E-state index is 0.0374. The number of carbonyl (C=O) groups excluding carboxylic acids is 1. The van der Waals surface area contributed by atoms with Gasteiger partial charge in [0, 0.05) is 5.41 Å². The van der Waals surface area contributed by atoms with Gasteiger partial charge < -0.3 is 5.73 Å². The predicted molar refractivity (Wildman–Crippen MR) is 87.5 cm³/mol. The highest BCUT2D eigenvalue weighted by Gasteiger charge is 2.41. The van der Waals surface area contributed by atoms with Crippen LogP contribution in [0.4, 0.5) is 5.69 Å². The number of hydrogen-bond acceptors (Lipinski definition) is 3. The molecule has 2 rings (SSSR count). The van der Waals surface area contributed by atoms with Crippen LogP contribution in [0.2, 0.25) is 0 Å². The summed E-state index contributed by atoms with van der Waals surface area (Å²) in [6, 6.07) is 6.09. The van der Waals surface area contributed by atoms with Crippen molar-refractivity contribution >= 4 is 17.3 Å². The second kappa shape index (κ2) is 5.60. The van der Waals surface area contributed by atoms with Gasteiger partial charge in [-0.1, -0.05) is 26.8 Å². The number of carbonyl (C=O) groups is 1. The van der Waals surface area contributed by atoms with E-state index in [0.717, 1.165) is 22.5 Å². The highest BCUT2D eigenvalue weighted by molar-refractivity contribution is 6.17. The number of hydrogen-bond donors (Lipinski definition) is 1. The van der Waals surface area contributed by atoms with E-state index in [0.29, 0.717) is 13.0 Å². The average Bonchev–Trinajstić information content (AvgIpc) is 2.66. The average molecular weight is 287 g/mol. The number of benzene rings is 1. The molecule has 2 N–H and O–H groups in total. The Morgan fingerprint density at radius 3 is 2.24 bits per heavy atom. The third-order valence-electron chi connectivity index (χ3n) is 3.72. The highest BCUT2D eigenvalue weighted by Crippen LogP contribution is 2.33. The second-order valence-electron chi connectivity index (χ2n) is 6.86. The molecule has 0 aliphatic carbocycles. The molecule has 0 fully saturated rings. The maximum absolute atomic E-state index is 12.7. The summed E-state index contributed by atoms with van der Waals surface area (Å²) in [5.74, 6) is -0.161. The highest BCUT2D eigenvalue weighted by atomic mass is 16.2. The molecule has 1 aliphatic heterocycles. The molecule has 114 valence electrons. The van der Waals surface area contributed by atoms with Gasteiger partial charge in [-0.3, -0.25) is 4.79 Å². The molecule has 0 bridgehead atoms. The molecule has 0 radical (unpaired) electrons. The number of hydrazone groups is 1. The van der Waals surface area contributed by atoms with Gasteiger partial charge in [0.05, 0.1) is 17.3 Å². The first-order valence-corrected chi connectivity index (χ1v) is 7.45. The second-order valence-corrected chi connectivity index (χ2v) is 6.86. The number of nitrogens with two attached hydrogens (primary N) is 1. The largest absolute Gasteiger partial charge is 0.330 e. The van der Waals surface area contributed by atoms with Crippen molar-refractivity contribution < 1.29 is 4.79 Å². The first-order valence-electron chi connectivity index (χ1n) is 7.45. The fraction of sp³-hybridized carbons (Fsp3) is 0.529. The Labute approximate surface area is 127 Å². The smallest absolute Gasteiger partial charge is 0.256 e. The molecule has 0 saturated carbocycles. The summed E-state index contributed by atoms with van der Waals surface area (Å²) >= 11 is 0. The van der Waals surface area contributed by atoms with E-state index in [2.05, 4.69) is 31.9 Å². The van der Waals surface area contributed by atoms with Crippen LogP contribution in [0.3, 0.4) is 0 Å². The minimum Gasteiger partial charge on any atom is -0.330 e. The molecule has 4 nitrogen and oxygen atoms in total. The van der Waals surface area contributed by atoms with Crippen LogP contribution >= 0.6 is 0 Å². The van der Waals surface area contributed by atoms with Crippen molar-refractivity contribution in [2.24, 2.45) is 22.2 Å². The van der Waals surface area contributed by atoms with E-state index >= 15 is 0 Å². The van der Waals surface area contributed by atoms with Crippen LogP contribution < -0.4 is 10.7 Å². The van der Waals surface area contributed by atoms with Crippen molar-refractivity contribution in [1.29, 1.82) is 0 Å². The zero-order chi connectivity index (χ0) is 15.8. The Kier molecular flexibility index (Phi) is 4.19. The molecule has 1 aromatic rings. The van der Waals surface area contributed by atoms with Gasteiger partial charge >= 0.3 is 0 Å². The maximum atomic E-state index is 12.7. The summed E-state index contributed by atoms with van der Waals surface area (Å²) in [5.41, 5.74) is 9.58. The van der Waals surface area contributed by atoms with Gasteiger partial charge in [0.1, 0.15) is 0 Å². The van der Waals surface area contributed by atoms with E-state index in [-0.39, 0.29) is 17.2 Å². The summed E-state index contributed by atoms with van der Waals surface area (Å²) in [7, 11) is 0. The topological polar surface area (TPSA) is 58.7 Å². The molecular weight excluding hydrogens is 262 g/mol. The Morgan fingerprint density at radius 2 is 1.76 bits per heavy atom. The van der Waals surface area contributed by atoms with Gasteiger partial charge in [0.25, 0.3) is 5.91 Å². The number of aryl methyl sites for hydroxylation is 2. The van der Waals surface area contributed by atoms with Crippen molar-refractivity contribution in [3.8, 4) is 0 Å². The zero-order valence-corrected chi connectivity index (χ0v) is 13.6. The van der Waals surface area contributed by atoms with Gasteiger partial charge in [-0.25, -0.2) is 5.01 Å². The molecule has 0 saturated heterocycles. The Hall–Kier alpha value is -1.68. The van der Waals surface area contributed by atoms with E-state index in [1.54, 1.807) is 5.01 Å². The van der Waals surface area contributed by atoms with Crippen LogP contribution in [0.1, 0.15) is 38.3 Å². The van der Waals surface area contributed by atoms with Gasteiger partial charge in [-0.05, 0) is 50.1 Å². The third-order valence-corrected chi connectivity index (χ3v) is 3.72. The van der Waals surface area contributed by atoms with E-state index < -0.39 is 0 Å². The fourth-order valence-electron chi connectivity index (χ4n) is 2.85. The summed E-state index contributed by atoms with van der Waals surface area (Å²) in [6.45, 7) is 10.8. The minimum atomic E-state index is -0.198. The standard InChI is InChI=1S/C17H25N3O/c1-11-8-12(2)10-13(9-11)20-16(21)14(6-7-18)15(19-20)17(3,4)5/h8-10,14H,6-7,18H2,1-5H3. The lowest BCUT2D eigenvalue weighted by atomic mass is 9.81. The zero-order valence-electron chi connectivity index (χ0n) is 13.6. The van der Waals surface area contributed by atoms with Crippen molar-refractivity contribution in [3.05, 3.63) is 29.3 Å². The molecule has 1 atom stereocenters. The lowest BCUT2D eigenvalue weighted by Crippen LogP contribution is -2.33. The first-order chi connectivity index (χ1) is 9.74. The molecule has 4 heteroatoms. The van der Waals surface area contributed by atoms with E-state index in [1.165, 1.54) is 0 Å². The Bertz CT molecular complexity index is 564. The van der Waals surface area contributed by atoms with Gasteiger partial charge in [-0.2, -0.15) is 5.10 Å². The number of anilines is 1. The molecule has 1 heterocycles. The van der Waals surface area contributed by atoms with Crippen molar-refractivity contribution in [1.82, 2.24) is 0 Å². The first kappa shape index (κ1) is 15.7. The summed E-state index contributed by atoms with van der Waals surface area (Å²) in [5, 5.41) is 6.19. The van der Waals surface area contributed by atoms with Crippen LogP contribution in [0.5, 0.6) is 0 Å². The molecule has 1 aliphatic rings. The van der Waals surface area contributed by atoms with Crippen LogP contribution in [-0.2, 0) is 4.79 Å². The molecule has 21 heavy (non-hydrogen) atoms. The molecular formula is C17H25N3O. The molecule has 1 aromatic carbocycles. The van der Waals surface area contributed by atoms with Crippen LogP contribution in [0.25, 0.3) is 0 Å². The van der Waals surface area contributed by atoms with Crippen molar-refractivity contribution in [2.45, 2.75) is 41.0 Å². The predicted octanol–water partition coefficient (Wildman–Crippen LogP) is 3.02. The SMILES string of the molecule is Cc1cc(C)cc(N2N=C(C(C)(C)C)C(CCN)C2=O)c1. The van der Waals surface area contributed by atoms with Gasteiger partial charge in [-0.15, -0.1) is 0 Å². The molecule has 1 amide bonds. The molecule has 1 unspecified atom stereocenters. The van der Waals surface area contributed by atoms with Crippen LogP contribution in [0.15, 0.2) is 23.3 Å². The van der Waals surface area contributed by atoms with Crippen LogP contribution in [-0.4, -0.2) is 18.2 Å². The maximum Gasteiger partial charge on any atom is 0.256 e. The lowest BCUT2D eigenvalue weighted by Gasteiger charge is -2.21. The van der Waals surface area contributed by atoms with Crippen LogP contribution in [0, 0.1) is 25.2 Å². The third kappa shape index (κ3) is 3.16. The van der Waals surface area contributed by atoms with Gasteiger partial charge in [0.15, 0.2) is 0 Å². The molecule has 0 spiro atoms. The fourth-order valence-corrected chi connectivity index (χ4v) is 2.85. The Morgan fingerprint density at radius 1 is 1.19 bits per heavy atom. The van der Waals surface area contributed by atoms with Crippen molar-refractivity contribution in [2.75, 3.05) is 11.6 Å². The quantitative estimate of drug-likeness (QED) is 0.929. The summed E-state index contributed by atoms with van der Waals surface area (Å²) in [4.78, 5) is 12.7. The number of nitrogens with zero attached hydrogens (tertiary/aromatic N) is 2. The van der Waals surface area contributed by atoms with E-state index in [9.17, 15) is 4.79 Å². The number of rotatable bonds is 3. The molecule has 0 aromatic heterocycles. The Balaban J connectivity index is 2.45.